The van der Waals surface area contributed by atoms with E-state index in [0.717, 1.165) is 33.3 Å². The lowest BCUT2D eigenvalue weighted by Gasteiger charge is -2.26. The quantitative estimate of drug-likeness (QED) is 0.251. The maximum absolute atomic E-state index is 14.3. The van der Waals surface area contributed by atoms with E-state index in [1.807, 2.05) is 86.8 Å². The fraction of sp³-hybridized carbons (Fsp3) is 0.206. The lowest BCUT2D eigenvalue weighted by atomic mass is 9.93. The predicted molar refractivity (Wildman–Crippen MR) is 166 cm³/mol. The average Bonchev–Trinajstić information content (AvgIpc) is 3.45. The number of rotatable bonds is 7. The molecule has 0 radical (unpaired) electrons. The molecule has 1 unspecified atom stereocenters. The third-order valence-corrected chi connectivity index (χ3v) is 8.59. The van der Waals surface area contributed by atoms with Gasteiger partial charge in [0, 0.05) is 34.8 Å². The highest BCUT2D eigenvalue weighted by Gasteiger charge is 2.35. The Morgan fingerprint density at radius 2 is 1.69 bits per heavy atom. The number of hydrogen-bond acceptors (Lipinski definition) is 6. The molecule has 1 atom stereocenters. The van der Waals surface area contributed by atoms with Gasteiger partial charge in [-0.3, -0.25) is 9.36 Å². The van der Waals surface area contributed by atoms with Gasteiger partial charge in [0.25, 0.3) is 5.56 Å². The Hall–Kier alpha value is -4.69. The second-order valence-electron chi connectivity index (χ2n) is 10.0. The topological polar surface area (TPSA) is 74.8 Å². The van der Waals surface area contributed by atoms with Crippen LogP contribution in [0.2, 0.25) is 0 Å². The van der Waals surface area contributed by atoms with Gasteiger partial charge in [-0.1, -0.05) is 72.0 Å². The van der Waals surface area contributed by atoms with Crippen molar-refractivity contribution in [2.75, 3.05) is 13.2 Å². The van der Waals surface area contributed by atoms with Crippen LogP contribution in [-0.4, -0.2) is 28.3 Å². The molecule has 3 heterocycles. The van der Waals surface area contributed by atoms with Gasteiger partial charge in [-0.15, -0.1) is 0 Å². The number of carbonyl (C=O) groups excluding carboxylic acids is 1. The molecule has 6 rings (SSSR count). The molecule has 0 N–H and O–H groups in total. The zero-order valence-electron chi connectivity index (χ0n) is 24.0. The summed E-state index contributed by atoms with van der Waals surface area (Å²) in [6, 6.07) is 24.5. The lowest BCUT2D eigenvalue weighted by molar-refractivity contribution is -0.138. The van der Waals surface area contributed by atoms with Crippen molar-refractivity contribution in [1.29, 1.82) is 0 Å². The molecule has 0 saturated carbocycles. The SMILES string of the molecule is CCOC(=O)C1=C(c2ccccc2)N=c2sc(=Cc3c(C)n(C)c4ccccc34)c(=O)n2C1c1ccc(OCC)cc1. The molecule has 7 nitrogen and oxygen atoms in total. The monoisotopic (exact) mass is 577 g/mol. The Balaban J connectivity index is 1.65. The first-order valence-corrected chi connectivity index (χ1v) is 14.8. The van der Waals surface area contributed by atoms with Crippen molar-refractivity contribution in [3.8, 4) is 5.75 Å². The molecule has 0 saturated heterocycles. The van der Waals surface area contributed by atoms with E-state index in [0.29, 0.717) is 33.0 Å². The third kappa shape index (κ3) is 4.67. The minimum Gasteiger partial charge on any atom is -0.494 e. The van der Waals surface area contributed by atoms with Crippen molar-refractivity contribution in [1.82, 2.24) is 9.13 Å². The number of thiazole rings is 1. The van der Waals surface area contributed by atoms with Crippen LogP contribution in [0.1, 0.15) is 42.3 Å². The second kappa shape index (κ2) is 11.3. The fourth-order valence-corrected chi connectivity index (χ4v) is 6.51. The normalized spacial score (nSPS) is 15.0. The minimum absolute atomic E-state index is 0.200. The van der Waals surface area contributed by atoms with Crippen molar-refractivity contribution in [3.63, 3.8) is 0 Å². The van der Waals surface area contributed by atoms with Crippen LogP contribution < -0.4 is 19.6 Å². The van der Waals surface area contributed by atoms with Gasteiger partial charge in [0.05, 0.1) is 35.1 Å². The van der Waals surface area contributed by atoms with Crippen LogP contribution >= 0.6 is 11.3 Å². The van der Waals surface area contributed by atoms with E-state index in [9.17, 15) is 9.59 Å². The Bertz CT molecular complexity index is 2020. The molecule has 212 valence electrons. The number of esters is 1. The molecule has 1 aliphatic heterocycles. The summed E-state index contributed by atoms with van der Waals surface area (Å²) >= 11 is 1.33. The molecular weight excluding hydrogens is 546 g/mol. The van der Waals surface area contributed by atoms with Crippen LogP contribution in [0, 0.1) is 6.92 Å². The van der Waals surface area contributed by atoms with Crippen molar-refractivity contribution < 1.29 is 14.3 Å². The standard InChI is InChI=1S/C34H31N3O4S/c1-5-40-24-18-16-23(17-19-24)31-29(33(39)41-6-2)30(22-12-8-7-9-13-22)35-34-37(31)32(38)28(42-34)20-26-21(3)36(4)27-15-11-10-14-25(26)27/h7-20,31H,5-6H2,1-4H3. The summed E-state index contributed by atoms with van der Waals surface area (Å²) in [5.41, 5.74) is 5.30. The van der Waals surface area contributed by atoms with E-state index >= 15 is 0 Å². The van der Waals surface area contributed by atoms with Gasteiger partial charge in [-0.2, -0.15) is 0 Å². The Morgan fingerprint density at radius 1 is 0.976 bits per heavy atom. The van der Waals surface area contributed by atoms with Crippen LogP contribution in [-0.2, 0) is 16.6 Å². The summed E-state index contributed by atoms with van der Waals surface area (Å²) < 4.78 is 15.5. The van der Waals surface area contributed by atoms with E-state index in [-0.39, 0.29) is 12.2 Å². The Kier molecular flexibility index (Phi) is 7.39. The van der Waals surface area contributed by atoms with Gasteiger partial charge in [0.1, 0.15) is 5.75 Å². The zero-order valence-corrected chi connectivity index (χ0v) is 24.8. The summed E-state index contributed by atoms with van der Waals surface area (Å²) in [4.78, 5) is 33.4. The van der Waals surface area contributed by atoms with Crippen LogP contribution in [0.5, 0.6) is 5.75 Å². The largest absolute Gasteiger partial charge is 0.494 e. The molecule has 0 spiro atoms. The third-order valence-electron chi connectivity index (χ3n) is 7.60. The maximum Gasteiger partial charge on any atom is 0.338 e. The predicted octanol–water partition coefficient (Wildman–Crippen LogP) is 5.13. The molecule has 42 heavy (non-hydrogen) atoms. The fourth-order valence-electron chi connectivity index (χ4n) is 5.53. The molecule has 5 aromatic rings. The Morgan fingerprint density at radius 3 is 2.40 bits per heavy atom. The number of para-hydroxylation sites is 1. The molecule has 0 fully saturated rings. The maximum atomic E-state index is 14.3. The van der Waals surface area contributed by atoms with Gasteiger partial charge >= 0.3 is 5.97 Å². The van der Waals surface area contributed by atoms with Crippen molar-refractivity contribution >= 4 is 40.0 Å². The first-order valence-electron chi connectivity index (χ1n) is 14.0. The number of fused-ring (bicyclic) bond motifs is 2. The molecule has 2 aromatic heterocycles. The first kappa shape index (κ1) is 27.5. The number of nitrogens with zero attached hydrogens (tertiary/aromatic N) is 3. The van der Waals surface area contributed by atoms with Crippen molar-refractivity contribution in [2.24, 2.45) is 12.0 Å². The zero-order chi connectivity index (χ0) is 29.4. The summed E-state index contributed by atoms with van der Waals surface area (Å²) in [7, 11) is 2.03. The molecule has 1 aliphatic rings. The van der Waals surface area contributed by atoms with Crippen LogP contribution in [0.15, 0.2) is 94.2 Å². The lowest BCUT2D eigenvalue weighted by Crippen LogP contribution is -2.40. The van der Waals surface area contributed by atoms with E-state index in [1.54, 1.807) is 11.5 Å². The molecular formula is C34H31N3O4S. The summed E-state index contributed by atoms with van der Waals surface area (Å²) in [5.74, 6) is 0.211. The van der Waals surface area contributed by atoms with Gasteiger partial charge in [0.2, 0.25) is 0 Å². The first-order chi connectivity index (χ1) is 20.4. The number of carbonyl (C=O) groups is 1. The van der Waals surface area contributed by atoms with Crippen LogP contribution in [0.3, 0.4) is 0 Å². The number of aromatic nitrogens is 2. The highest BCUT2D eigenvalue weighted by atomic mass is 32.1. The number of ether oxygens (including phenoxy) is 2. The molecule has 3 aromatic carbocycles. The van der Waals surface area contributed by atoms with E-state index < -0.39 is 12.0 Å². The van der Waals surface area contributed by atoms with Crippen LogP contribution in [0.4, 0.5) is 0 Å². The van der Waals surface area contributed by atoms with Crippen molar-refractivity contribution in [2.45, 2.75) is 26.8 Å². The molecule has 0 aliphatic carbocycles. The smallest absolute Gasteiger partial charge is 0.338 e. The molecule has 0 amide bonds. The van der Waals surface area contributed by atoms with E-state index in [1.165, 1.54) is 11.3 Å². The highest BCUT2D eigenvalue weighted by molar-refractivity contribution is 7.07. The highest BCUT2D eigenvalue weighted by Crippen LogP contribution is 2.36. The number of benzene rings is 3. The Labute approximate surface area is 247 Å². The van der Waals surface area contributed by atoms with Gasteiger partial charge in [-0.25, -0.2) is 9.79 Å². The number of aryl methyl sites for hydroxylation is 1. The second-order valence-corrected chi connectivity index (χ2v) is 11.0. The molecule has 0 bridgehead atoms. The average molecular weight is 578 g/mol. The van der Waals surface area contributed by atoms with Gasteiger partial charge < -0.3 is 14.0 Å². The molecule has 8 heteroatoms. The summed E-state index contributed by atoms with van der Waals surface area (Å²) in [6.07, 6.45) is 1.95. The summed E-state index contributed by atoms with van der Waals surface area (Å²) in [6.45, 7) is 6.49. The van der Waals surface area contributed by atoms with Crippen LogP contribution in [0.25, 0.3) is 22.7 Å². The number of hydrogen-bond donors (Lipinski definition) is 0. The minimum atomic E-state index is -0.734. The summed E-state index contributed by atoms with van der Waals surface area (Å²) in [5, 5.41) is 1.07. The van der Waals surface area contributed by atoms with E-state index in [4.69, 9.17) is 14.5 Å². The van der Waals surface area contributed by atoms with Crippen molar-refractivity contribution in [3.05, 3.63) is 127 Å². The van der Waals surface area contributed by atoms with E-state index in [2.05, 4.69) is 23.6 Å². The van der Waals surface area contributed by atoms with Gasteiger partial charge in [0.15, 0.2) is 4.80 Å². The van der Waals surface area contributed by atoms with Gasteiger partial charge in [-0.05, 0) is 50.6 Å².